The van der Waals surface area contributed by atoms with Gasteiger partial charge in [-0.05, 0) is 48.9 Å². The number of fused-ring (bicyclic) bond motifs is 2. The summed E-state index contributed by atoms with van der Waals surface area (Å²) in [7, 11) is 0. The molecule has 0 aliphatic carbocycles. The average molecular weight is 497 g/mol. The number of anilines is 1. The van der Waals surface area contributed by atoms with Crippen molar-refractivity contribution in [2.24, 2.45) is 0 Å². The number of amides is 1. The number of benzene rings is 2. The van der Waals surface area contributed by atoms with Crippen LogP contribution in [-0.2, 0) is 4.79 Å². The van der Waals surface area contributed by atoms with Crippen molar-refractivity contribution in [3.63, 3.8) is 0 Å². The topological polar surface area (TPSA) is 128 Å². The number of hydrogen-bond donors (Lipinski definition) is 2. The van der Waals surface area contributed by atoms with Crippen LogP contribution in [-0.4, -0.2) is 48.0 Å². The van der Waals surface area contributed by atoms with Gasteiger partial charge in [-0.1, -0.05) is 12.1 Å². The molecule has 0 bridgehead atoms. The van der Waals surface area contributed by atoms with E-state index in [2.05, 4.69) is 30.4 Å². The molecule has 1 aliphatic rings. The van der Waals surface area contributed by atoms with E-state index < -0.39 is 5.82 Å². The molecule has 10 nitrogen and oxygen atoms in total. The van der Waals surface area contributed by atoms with Crippen LogP contribution in [0.5, 0.6) is 5.75 Å². The number of H-pyrrole nitrogens is 1. The van der Waals surface area contributed by atoms with E-state index >= 15 is 0 Å². The molecular weight excluding hydrogens is 477 g/mol. The molecule has 6 rings (SSSR count). The highest BCUT2D eigenvalue weighted by Crippen LogP contribution is 2.40. The van der Waals surface area contributed by atoms with Crippen LogP contribution >= 0.6 is 0 Å². The van der Waals surface area contributed by atoms with Crippen LogP contribution in [0.1, 0.15) is 39.5 Å². The number of aromatic amines is 1. The lowest BCUT2D eigenvalue weighted by Crippen LogP contribution is -2.25. The van der Waals surface area contributed by atoms with Crippen molar-refractivity contribution in [3.8, 4) is 11.6 Å². The van der Waals surface area contributed by atoms with Crippen molar-refractivity contribution in [2.45, 2.75) is 19.3 Å². The Morgan fingerprint density at radius 2 is 1.89 bits per heavy atom. The first kappa shape index (κ1) is 22.5. The third-order valence-corrected chi connectivity index (χ3v) is 6.32. The summed E-state index contributed by atoms with van der Waals surface area (Å²) in [6.07, 6.45) is 3.19. The maximum atomic E-state index is 13.1. The van der Waals surface area contributed by atoms with Crippen LogP contribution in [0.4, 0.5) is 10.2 Å². The van der Waals surface area contributed by atoms with Gasteiger partial charge in [-0.25, -0.2) is 19.3 Å². The maximum absolute atomic E-state index is 13.1. The highest BCUT2D eigenvalue weighted by Gasteiger charge is 2.33. The summed E-state index contributed by atoms with van der Waals surface area (Å²) in [6, 6.07) is 12.6. The van der Waals surface area contributed by atoms with Crippen molar-refractivity contribution in [2.75, 3.05) is 11.9 Å². The molecule has 184 valence electrons. The zero-order valence-electron chi connectivity index (χ0n) is 19.6. The normalized spacial score (nSPS) is 14.9. The van der Waals surface area contributed by atoms with Crippen LogP contribution in [0.25, 0.3) is 17.0 Å². The smallest absolute Gasteiger partial charge is 0.226 e. The lowest BCUT2D eigenvalue weighted by atomic mass is 9.86. The molecule has 2 aromatic carbocycles. The first-order valence-electron chi connectivity index (χ1n) is 11.5. The van der Waals surface area contributed by atoms with Crippen LogP contribution in [0, 0.1) is 12.7 Å². The Hall–Kier alpha value is -4.93. The number of nitrogens with zero attached hydrogens (tertiary/aromatic N) is 5. The number of imidazole rings is 1. The number of carbonyl (C=O) groups is 2. The molecule has 0 saturated heterocycles. The molecule has 1 atom stereocenters. The standard InChI is InChI=1S/C26H20FN7O3/c1-14-22-19(15-4-8-18(9-5-15)37-11-20(35)16-2-6-17(27)7-3-16)10-21(36)32-25(22)34(33-14)26-23-24(29-12-28-23)30-13-31-26/h2-9,12-13,19H,10-11H2,1H3,(H,32,36)(H,28,29,30,31)/t19-/m1/s1. The van der Waals surface area contributed by atoms with E-state index in [1.54, 1.807) is 16.8 Å². The first-order chi connectivity index (χ1) is 18.0. The predicted molar refractivity (Wildman–Crippen MR) is 131 cm³/mol. The van der Waals surface area contributed by atoms with E-state index in [9.17, 15) is 14.0 Å². The first-order valence-corrected chi connectivity index (χ1v) is 11.5. The minimum Gasteiger partial charge on any atom is -0.485 e. The van der Waals surface area contributed by atoms with Gasteiger partial charge in [-0.3, -0.25) is 9.59 Å². The lowest BCUT2D eigenvalue weighted by molar-refractivity contribution is -0.116. The molecule has 3 aromatic heterocycles. The van der Waals surface area contributed by atoms with Crippen molar-refractivity contribution < 1.29 is 18.7 Å². The zero-order chi connectivity index (χ0) is 25.5. The van der Waals surface area contributed by atoms with Gasteiger partial charge >= 0.3 is 0 Å². The third kappa shape index (κ3) is 4.10. The molecule has 0 radical (unpaired) electrons. The van der Waals surface area contributed by atoms with Crippen molar-refractivity contribution >= 4 is 28.7 Å². The Balaban J connectivity index is 1.26. The molecule has 0 fully saturated rings. The summed E-state index contributed by atoms with van der Waals surface area (Å²) in [6.45, 7) is 1.72. The van der Waals surface area contributed by atoms with Gasteiger partial charge in [0.1, 0.15) is 29.2 Å². The van der Waals surface area contributed by atoms with E-state index in [1.165, 1.54) is 36.9 Å². The summed E-state index contributed by atoms with van der Waals surface area (Å²) >= 11 is 0. The number of halogens is 1. The van der Waals surface area contributed by atoms with Gasteiger partial charge in [-0.15, -0.1) is 0 Å². The molecule has 4 heterocycles. The second kappa shape index (κ2) is 8.94. The monoisotopic (exact) mass is 497 g/mol. The SMILES string of the molecule is Cc1nn(-c2ncnc3nc[nH]c23)c2c1[C@@H](c1ccc(OCC(=O)c3ccc(F)cc3)cc1)CC(=O)N2. The van der Waals surface area contributed by atoms with Crippen molar-refractivity contribution in [1.82, 2.24) is 29.7 Å². The van der Waals surface area contributed by atoms with E-state index in [0.29, 0.717) is 34.1 Å². The van der Waals surface area contributed by atoms with E-state index in [4.69, 9.17) is 4.74 Å². The number of ether oxygens (including phenoxy) is 1. The largest absolute Gasteiger partial charge is 0.485 e. The number of Topliss-reactive ketones (excluding diaryl/α,β-unsaturated/α-hetero) is 1. The number of aromatic nitrogens is 6. The molecule has 0 spiro atoms. The Kier molecular flexibility index (Phi) is 5.44. The fraction of sp³-hybridized carbons (Fsp3) is 0.154. The zero-order valence-corrected chi connectivity index (χ0v) is 19.6. The minimum absolute atomic E-state index is 0.140. The molecule has 2 N–H and O–H groups in total. The summed E-state index contributed by atoms with van der Waals surface area (Å²) < 4.78 is 20.3. The molecule has 5 aromatic rings. The summed E-state index contributed by atoms with van der Waals surface area (Å²) in [5, 5.41) is 7.63. The Morgan fingerprint density at radius 1 is 1.11 bits per heavy atom. The Bertz CT molecular complexity index is 1640. The molecule has 1 aliphatic heterocycles. The fourth-order valence-corrected chi connectivity index (χ4v) is 4.56. The second-order valence-corrected chi connectivity index (χ2v) is 8.65. The highest BCUT2D eigenvalue weighted by atomic mass is 19.1. The van der Waals surface area contributed by atoms with Gasteiger partial charge < -0.3 is 15.0 Å². The van der Waals surface area contributed by atoms with Gasteiger partial charge in [0.25, 0.3) is 0 Å². The summed E-state index contributed by atoms with van der Waals surface area (Å²) in [4.78, 5) is 40.8. The van der Waals surface area contributed by atoms with Crippen LogP contribution in [0.3, 0.4) is 0 Å². The summed E-state index contributed by atoms with van der Waals surface area (Å²) in [5.41, 5.74) is 4.05. The predicted octanol–water partition coefficient (Wildman–Crippen LogP) is 3.72. The van der Waals surface area contributed by atoms with Crippen molar-refractivity contribution in [3.05, 3.63) is 89.4 Å². The van der Waals surface area contributed by atoms with Gasteiger partial charge in [-0.2, -0.15) is 9.78 Å². The second-order valence-electron chi connectivity index (χ2n) is 8.65. The van der Waals surface area contributed by atoms with E-state index in [-0.39, 0.29) is 30.6 Å². The molecule has 37 heavy (non-hydrogen) atoms. The lowest BCUT2D eigenvalue weighted by Gasteiger charge is -2.24. The number of carbonyl (C=O) groups excluding carboxylic acids is 2. The molecule has 0 saturated carbocycles. The van der Waals surface area contributed by atoms with Crippen molar-refractivity contribution in [1.29, 1.82) is 0 Å². The number of ketones is 1. The Morgan fingerprint density at radius 3 is 2.68 bits per heavy atom. The van der Waals surface area contributed by atoms with Crippen LogP contribution in [0.15, 0.2) is 61.2 Å². The number of hydrogen-bond acceptors (Lipinski definition) is 7. The quantitative estimate of drug-likeness (QED) is 0.342. The van der Waals surface area contributed by atoms with Gasteiger partial charge in [0.05, 0.1) is 12.0 Å². The van der Waals surface area contributed by atoms with Crippen LogP contribution < -0.4 is 10.1 Å². The van der Waals surface area contributed by atoms with E-state index in [0.717, 1.165) is 16.8 Å². The molecule has 0 unspecified atom stereocenters. The maximum Gasteiger partial charge on any atom is 0.226 e. The van der Waals surface area contributed by atoms with Gasteiger partial charge in [0.15, 0.2) is 23.9 Å². The number of aryl methyl sites for hydroxylation is 1. The third-order valence-electron chi connectivity index (χ3n) is 6.32. The molecular formula is C26H20FN7O3. The highest BCUT2D eigenvalue weighted by molar-refractivity contribution is 5.97. The van der Waals surface area contributed by atoms with Crippen LogP contribution in [0.2, 0.25) is 0 Å². The minimum atomic E-state index is -0.403. The average Bonchev–Trinajstić information content (AvgIpc) is 3.52. The van der Waals surface area contributed by atoms with E-state index in [1.807, 2.05) is 19.1 Å². The van der Waals surface area contributed by atoms with Gasteiger partial charge in [0.2, 0.25) is 5.91 Å². The number of nitrogens with one attached hydrogen (secondary N) is 2. The Labute approximate surface area is 209 Å². The molecule has 11 heteroatoms. The number of rotatable bonds is 6. The fourth-order valence-electron chi connectivity index (χ4n) is 4.56. The summed E-state index contributed by atoms with van der Waals surface area (Å²) in [5.74, 6) is 0.526. The van der Waals surface area contributed by atoms with Gasteiger partial charge in [0, 0.05) is 23.5 Å². The molecule has 1 amide bonds.